The van der Waals surface area contributed by atoms with Gasteiger partial charge in [0, 0.05) is 38.2 Å². The van der Waals surface area contributed by atoms with Crippen LogP contribution in [-0.4, -0.2) is 42.8 Å². The van der Waals surface area contributed by atoms with Crippen molar-refractivity contribution in [3.8, 4) is 0 Å². The summed E-state index contributed by atoms with van der Waals surface area (Å²) in [5.41, 5.74) is 8.16. The molecule has 1 saturated heterocycles. The zero-order chi connectivity index (χ0) is 11.7. The van der Waals surface area contributed by atoms with E-state index in [-0.39, 0.29) is 0 Å². The molecule has 6 nitrogen and oxygen atoms in total. The molecule has 0 atom stereocenters. The molecule has 0 radical (unpaired) electrons. The van der Waals surface area contributed by atoms with Crippen LogP contribution >= 0.6 is 0 Å². The maximum absolute atomic E-state index is 6.00. The van der Waals surface area contributed by atoms with E-state index in [0.29, 0.717) is 5.82 Å². The van der Waals surface area contributed by atoms with E-state index in [2.05, 4.69) is 20.2 Å². The van der Waals surface area contributed by atoms with E-state index in [0.717, 1.165) is 63.0 Å². The number of nitrogens with one attached hydrogen (secondary N) is 1. The van der Waals surface area contributed by atoms with Crippen LogP contribution in [-0.2, 0) is 17.7 Å². The van der Waals surface area contributed by atoms with Crippen LogP contribution in [0.1, 0.15) is 11.3 Å². The Balaban J connectivity index is 1.92. The SMILES string of the molecule is Nc1nc(N2CCOCC2)nc2c1CNCC2. The van der Waals surface area contributed by atoms with Crippen LogP contribution in [0.25, 0.3) is 0 Å². The first-order chi connectivity index (χ1) is 8.34. The molecule has 0 aromatic carbocycles. The van der Waals surface area contributed by atoms with E-state index in [1.165, 1.54) is 0 Å². The summed E-state index contributed by atoms with van der Waals surface area (Å²) in [5, 5.41) is 3.29. The zero-order valence-electron chi connectivity index (χ0n) is 9.78. The maximum atomic E-state index is 6.00. The van der Waals surface area contributed by atoms with Crippen molar-refractivity contribution in [3.63, 3.8) is 0 Å². The maximum Gasteiger partial charge on any atom is 0.227 e. The molecule has 3 heterocycles. The number of fused-ring (bicyclic) bond motifs is 1. The van der Waals surface area contributed by atoms with Crippen LogP contribution in [0.3, 0.4) is 0 Å². The van der Waals surface area contributed by atoms with Gasteiger partial charge in [-0.25, -0.2) is 4.98 Å². The normalized spacial score (nSPS) is 20.1. The molecule has 1 aromatic heterocycles. The van der Waals surface area contributed by atoms with E-state index in [1.807, 2.05) is 0 Å². The Morgan fingerprint density at radius 2 is 2.06 bits per heavy atom. The number of nitrogen functional groups attached to an aromatic ring is 1. The molecule has 3 rings (SSSR count). The Labute approximate surface area is 100 Å². The summed E-state index contributed by atoms with van der Waals surface area (Å²) >= 11 is 0. The molecule has 0 unspecified atom stereocenters. The molecular formula is C11H17N5O. The van der Waals surface area contributed by atoms with Crippen molar-refractivity contribution >= 4 is 11.8 Å². The van der Waals surface area contributed by atoms with Gasteiger partial charge in [0.1, 0.15) is 5.82 Å². The van der Waals surface area contributed by atoms with Gasteiger partial charge in [-0.3, -0.25) is 0 Å². The first-order valence-corrected chi connectivity index (χ1v) is 6.03. The second-order valence-electron chi connectivity index (χ2n) is 4.36. The third kappa shape index (κ3) is 2.05. The van der Waals surface area contributed by atoms with Gasteiger partial charge in [0.2, 0.25) is 5.95 Å². The van der Waals surface area contributed by atoms with Gasteiger partial charge in [0.15, 0.2) is 0 Å². The van der Waals surface area contributed by atoms with Gasteiger partial charge in [-0.1, -0.05) is 0 Å². The standard InChI is InChI=1S/C11H17N5O/c12-10-8-7-13-2-1-9(8)14-11(15-10)16-3-5-17-6-4-16/h13H,1-7H2,(H2,12,14,15). The summed E-state index contributed by atoms with van der Waals surface area (Å²) in [6, 6.07) is 0. The van der Waals surface area contributed by atoms with Crippen LogP contribution in [0.5, 0.6) is 0 Å². The highest BCUT2D eigenvalue weighted by Gasteiger charge is 2.19. The lowest BCUT2D eigenvalue weighted by atomic mass is 10.1. The molecule has 3 N–H and O–H groups in total. The van der Waals surface area contributed by atoms with Crippen molar-refractivity contribution in [2.75, 3.05) is 43.5 Å². The van der Waals surface area contributed by atoms with Crippen molar-refractivity contribution in [3.05, 3.63) is 11.3 Å². The van der Waals surface area contributed by atoms with Crippen molar-refractivity contribution in [2.24, 2.45) is 0 Å². The molecular weight excluding hydrogens is 218 g/mol. The highest BCUT2D eigenvalue weighted by molar-refractivity contribution is 5.49. The lowest BCUT2D eigenvalue weighted by Gasteiger charge is -2.28. The average molecular weight is 235 g/mol. The van der Waals surface area contributed by atoms with Crippen LogP contribution in [0.15, 0.2) is 0 Å². The fraction of sp³-hybridized carbons (Fsp3) is 0.636. The molecule has 0 bridgehead atoms. The van der Waals surface area contributed by atoms with E-state index >= 15 is 0 Å². The molecule has 1 aromatic rings. The highest BCUT2D eigenvalue weighted by Crippen LogP contribution is 2.21. The second kappa shape index (κ2) is 4.46. The van der Waals surface area contributed by atoms with Crippen LogP contribution in [0.2, 0.25) is 0 Å². The minimum Gasteiger partial charge on any atom is -0.383 e. The fourth-order valence-corrected chi connectivity index (χ4v) is 2.26. The van der Waals surface area contributed by atoms with Crippen molar-refractivity contribution in [2.45, 2.75) is 13.0 Å². The third-order valence-electron chi connectivity index (χ3n) is 3.25. The first-order valence-electron chi connectivity index (χ1n) is 6.03. The van der Waals surface area contributed by atoms with Crippen molar-refractivity contribution in [1.29, 1.82) is 0 Å². The molecule has 0 spiro atoms. The monoisotopic (exact) mass is 235 g/mol. The Hall–Kier alpha value is -1.40. The van der Waals surface area contributed by atoms with E-state index in [9.17, 15) is 0 Å². The Morgan fingerprint density at radius 3 is 2.88 bits per heavy atom. The van der Waals surface area contributed by atoms with E-state index < -0.39 is 0 Å². The molecule has 0 aliphatic carbocycles. The number of hydrogen-bond acceptors (Lipinski definition) is 6. The van der Waals surface area contributed by atoms with Gasteiger partial charge in [-0.2, -0.15) is 4.98 Å². The van der Waals surface area contributed by atoms with Gasteiger partial charge >= 0.3 is 0 Å². The average Bonchev–Trinajstić information content (AvgIpc) is 2.40. The number of nitrogens with two attached hydrogens (primary N) is 1. The molecule has 0 amide bonds. The number of anilines is 2. The molecule has 2 aliphatic rings. The van der Waals surface area contributed by atoms with Crippen molar-refractivity contribution in [1.82, 2.24) is 15.3 Å². The number of aromatic nitrogens is 2. The van der Waals surface area contributed by atoms with E-state index in [4.69, 9.17) is 10.5 Å². The summed E-state index contributed by atoms with van der Waals surface area (Å²) < 4.78 is 5.33. The van der Waals surface area contributed by atoms with Crippen molar-refractivity contribution < 1.29 is 4.74 Å². The third-order valence-corrected chi connectivity index (χ3v) is 3.25. The van der Waals surface area contributed by atoms with Crippen LogP contribution < -0.4 is 16.0 Å². The summed E-state index contributed by atoms with van der Waals surface area (Å²) in [7, 11) is 0. The molecule has 6 heteroatoms. The molecule has 0 saturated carbocycles. The molecule has 92 valence electrons. The minimum absolute atomic E-state index is 0.615. The van der Waals surface area contributed by atoms with Gasteiger partial charge in [-0.15, -0.1) is 0 Å². The number of ether oxygens (including phenoxy) is 1. The molecule has 17 heavy (non-hydrogen) atoms. The summed E-state index contributed by atoms with van der Waals surface area (Å²) in [6.45, 7) is 4.91. The van der Waals surface area contributed by atoms with Crippen LogP contribution in [0, 0.1) is 0 Å². The summed E-state index contributed by atoms with van der Waals surface area (Å²) in [5.74, 6) is 1.37. The highest BCUT2D eigenvalue weighted by atomic mass is 16.5. The topological polar surface area (TPSA) is 76.3 Å². The summed E-state index contributed by atoms with van der Waals surface area (Å²) in [4.78, 5) is 11.2. The van der Waals surface area contributed by atoms with E-state index in [1.54, 1.807) is 0 Å². The van der Waals surface area contributed by atoms with Gasteiger partial charge in [-0.05, 0) is 0 Å². The lowest BCUT2D eigenvalue weighted by molar-refractivity contribution is 0.122. The Morgan fingerprint density at radius 1 is 1.24 bits per heavy atom. The smallest absolute Gasteiger partial charge is 0.227 e. The summed E-state index contributed by atoms with van der Waals surface area (Å²) in [6.07, 6.45) is 0.930. The largest absolute Gasteiger partial charge is 0.383 e. The number of morpholine rings is 1. The van der Waals surface area contributed by atoms with Gasteiger partial charge in [0.05, 0.1) is 18.9 Å². The Kier molecular flexibility index (Phi) is 2.82. The number of rotatable bonds is 1. The quantitative estimate of drug-likeness (QED) is 0.686. The number of hydrogen-bond donors (Lipinski definition) is 2. The first kappa shape index (κ1) is 10.7. The predicted octanol–water partition coefficient (Wildman–Crippen LogP) is -0.459. The number of nitrogens with zero attached hydrogens (tertiary/aromatic N) is 3. The Bertz CT molecular complexity index is 417. The van der Waals surface area contributed by atoms with Gasteiger partial charge in [0.25, 0.3) is 0 Å². The lowest BCUT2D eigenvalue weighted by Crippen LogP contribution is -2.38. The second-order valence-corrected chi connectivity index (χ2v) is 4.36. The van der Waals surface area contributed by atoms with Gasteiger partial charge < -0.3 is 20.7 Å². The molecule has 1 fully saturated rings. The van der Waals surface area contributed by atoms with Crippen LogP contribution in [0.4, 0.5) is 11.8 Å². The zero-order valence-corrected chi connectivity index (χ0v) is 9.78. The predicted molar refractivity (Wildman–Crippen MR) is 64.9 cm³/mol. The fourth-order valence-electron chi connectivity index (χ4n) is 2.26. The molecule has 2 aliphatic heterocycles. The minimum atomic E-state index is 0.615.